The highest BCUT2D eigenvalue weighted by Gasteiger charge is 2.25. The van der Waals surface area contributed by atoms with Gasteiger partial charge in [0.25, 0.3) is 0 Å². The van der Waals surface area contributed by atoms with Gasteiger partial charge in [-0.05, 0) is 40.5 Å². The van der Waals surface area contributed by atoms with Gasteiger partial charge < -0.3 is 4.90 Å². The summed E-state index contributed by atoms with van der Waals surface area (Å²) in [6.07, 6.45) is 3.73. The molecule has 1 rings (SSSR count). The lowest BCUT2D eigenvalue weighted by atomic mass is 10.00. The van der Waals surface area contributed by atoms with E-state index in [2.05, 4.69) is 24.3 Å². The van der Waals surface area contributed by atoms with E-state index in [9.17, 15) is 4.79 Å². The first-order valence-corrected chi connectivity index (χ1v) is 6.89. The molecule has 1 aliphatic heterocycles. The highest BCUT2D eigenvalue weighted by atomic mass is 16.2. The quantitative estimate of drug-likeness (QED) is 0.794. The molecular formula is C13H27N3O. The van der Waals surface area contributed by atoms with Gasteiger partial charge in [0, 0.05) is 25.2 Å². The van der Waals surface area contributed by atoms with Crippen LogP contribution in [-0.4, -0.2) is 47.5 Å². The molecule has 0 aromatic rings. The molecule has 0 aromatic carbocycles. The van der Waals surface area contributed by atoms with Crippen LogP contribution < -0.4 is 5.43 Å². The van der Waals surface area contributed by atoms with Crippen molar-refractivity contribution in [2.75, 3.05) is 19.6 Å². The zero-order chi connectivity index (χ0) is 12.8. The monoisotopic (exact) mass is 241 g/mol. The number of amides is 1. The van der Waals surface area contributed by atoms with E-state index in [1.54, 1.807) is 0 Å². The summed E-state index contributed by atoms with van der Waals surface area (Å²) in [5.74, 6) is 0.194. The number of hydrazine groups is 1. The summed E-state index contributed by atoms with van der Waals surface area (Å²) in [5.41, 5.74) is 3.31. The van der Waals surface area contributed by atoms with Gasteiger partial charge in [-0.2, -0.15) is 0 Å². The second-order valence-corrected chi connectivity index (χ2v) is 4.94. The molecule has 4 nitrogen and oxygen atoms in total. The fraction of sp³-hybridized carbons (Fsp3) is 0.923. The van der Waals surface area contributed by atoms with Gasteiger partial charge >= 0.3 is 0 Å². The predicted octanol–water partition coefficient (Wildman–Crippen LogP) is 1.62. The molecule has 100 valence electrons. The van der Waals surface area contributed by atoms with Crippen LogP contribution in [0.2, 0.25) is 0 Å². The molecule has 0 saturated carbocycles. The molecule has 0 radical (unpaired) electrons. The van der Waals surface area contributed by atoms with Crippen LogP contribution in [-0.2, 0) is 4.79 Å². The smallest absolute Gasteiger partial charge is 0.237 e. The Morgan fingerprint density at radius 3 is 2.24 bits per heavy atom. The lowest BCUT2D eigenvalue weighted by Gasteiger charge is -2.39. The SMILES string of the molecule is CCN(CC)C(=O)CNN1C(C)CCCC1C. The largest absolute Gasteiger partial charge is 0.342 e. The number of piperidine rings is 1. The minimum atomic E-state index is 0.194. The fourth-order valence-corrected chi connectivity index (χ4v) is 2.58. The number of hydrogen-bond acceptors (Lipinski definition) is 3. The summed E-state index contributed by atoms with van der Waals surface area (Å²) in [5, 5.41) is 2.25. The summed E-state index contributed by atoms with van der Waals surface area (Å²) >= 11 is 0. The number of nitrogens with one attached hydrogen (secondary N) is 1. The highest BCUT2D eigenvalue weighted by Crippen LogP contribution is 2.19. The van der Waals surface area contributed by atoms with Crippen LogP contribution in [0, 0.1) is 0 Å². The van der Waals surface area contributed by atoms with Crippen LogP contribution in [0.3, 0.4) is 0 Å². The van der Waals surface area contributed by atoms with E-state index in [1.165, 1.54) is 19.3 Å². The van der Waals surface area contributed by atoms with Crippen LogP contribution in [0.4, 0.5) is 0 Å². The van der Waals surface area contributed by atoms with Crippen molar-refractivity contribution in [1.29, 1.82) is 0 Å². The van der Waals surface area contributed by atoms with E-state index in [1.807, 2.05) is 18.7 Å². The maximum atomic E-state index is 11.9. The molecule has 1 amide bonds. The molecule has 1 N–H and O–H groups in total. The second kappa shape index (κ2) is 6.97. The molecule has 2 unspecified atom stereocenters. The van der Waals surface area contributed by atoms with Crippen LogP contribution >= 0.6 is 0 Å². The first-order chi connectivity index (χ1) is 8.10. The zero-order valence-electron chi connectivity index (χ0n) is 11.7. The topological polar surface area (TPSA) is 35.6 Å². The number of likely N-dealkylation sites (N-methyl/N-ethyl adjacent to an activating group) is 1. The Kier molecular flexibility index (Phi) is 5.92. The maximum Gasteiger partial charge on any atom is 0.237 e. The first-order valence-electron chi connectivity index (χ1n) is 6.89. The molecule has 1 fully saturated rings. The average molecular weight is 241 g/mol. The van der Waals surface area contributed by atoms with Crippen molar-refractivity contribution in [3.05, 3.63) is 0 Å². The number of nitrogens with zero attached hydrogens (tertiary/aromatic N) is 2. The minimum Gasteiger partial charge on any atom is -0.342 e. The molecule has 4 heteroatoms. The molecule has 0 bridgehead atoms. The maximum absolute atomic E-state index is 11.9. The Bertz CT molecular complexity index is 231. The molecule has 1 saturated heterocycles. The van der Waals surface area contributed by atoms with Crippen LogP contribution in [0.25, 0.3) is 0 Å². The number of hydrogen-bond donors (Lipinski definition) is 1. The molecule has 2 atom stereocenters. The molecule has 1 heterocycles. The normalized spacial score (nSPS) is 25.9. The van der Waals surface area contributed by atoms with Gasteiger partial charge in [0.1, 0.15) is 0 Å². The van der Waals surface area contributed by atoms with Crippen LogP contribution in [0.1, 0.15) is 47.0 Å². The van der Waals surface area contributed by atoms with Crippen molar-refractivity contribution in [2.45, 2.75) is 59.0 Å². The fourth-order valence-electron chi connectivity index (χ4n) is 2.58. The molecule has 0 aromatic heterocycles. The van der Waals surface area contributed by atoms with Crippen molar-refractivity contribution in [3.63, 3.8) is 0 Å². The Labute approximate surface area is 105 Å². The third-order valence-corrected chi connectivity index (χ3v) is 3.72. The Balaban J connectivity index is 2.40. The summed E-state index contributed by atoms with van der Waals surface area (Å²) in [6.45, 7) is 10.5. The molecule has 17 heavy (non-hydrogen) atoms. The van der Waals surface area contributed by atoms with Crippen LogP contribution in [0.5, 0.6) is 0 Å². The van der Waals surface area contributed by atoms with Crippen LogP contribution in [0.15, 0.2) is 0 Å². The first kappa shape index (κ1) is 14.5. The third-order valence-electron chi connectivity index (χ3n) is 3.72. The second-order valence-electron chi connectivity index (χ2n) is 4.94. The lowest BCUT2D eigenvalue weighted by Crippen LogP contribution is -2.54. The standard InChI is InChI=1S/C13H27N3O/c1-5-15(6-2)13(17)10-14-16-11(3)8-7-9-12(16)4/h11-12,14H,5-10H2,1-4H3. The number of rotatable bonds is 5. The Hall–Kier alpha value is -0.610. The Morgan fingerprint density at radius 2 is 1.76 bits per heavy atom. The molecule has 1 aliphatic rings. The molecule has 0 spiro atoms. The van der Waals surface area contributed by atoms with Gasteiger partial charge in [0.15, 0.2) is 0 Å². The summed E-state index contributed by atoms with van der Waals surface area (Å²) < 4.78 is 0. The van der Waals surface area contributed by atoms with Gasteiger partial charge in [0.05, 0.1) is 6.54 Å². The summed E-state index contributed by atoms with van der Waals surface area (Å²) in [7, 11) is 0. The number of carbonyl (C=O) groups is 1. The van der Waals surface area contributed by atoms with Crippen molar-refractivity contribution < 1.29 is 4.79 Å². The van der Waals surface area contributed by atoms with Gasteiger partial charge in [-0.15, -0.1) is 0 Å². The lowest BCUT2D eigenvalue weighted by molar-refractivity contribution is -0.131. The van der Waals surface area contributed by atoms with E-state index < -0.39 is 0 Å². The van der Waals surface area contributed by atoms with Gasteiger partial charge in [0.2, 0.25) is 5.91 Å². The third kappa shape index (κ3) is 3.96. The van der Waals surface area contributed by atoms with Crippen molar-refractivity contribution >= 4 is 5.91 Å². The van der Waals surface area contributed by atoms with Crippen molar-refractivity contribution in [2.24, 2.45) is 0 Å². The van der Waals surface area contributed by atoms with Gasteiger partial charge in [-0.1, -0.05) is 6.42 Å². The van der Waals surface area contributed by atoms with Gasteiger partial charge in [-0.25, -0.2) is 10.4 Å². The summed E-state index contributed by atoms with van der Waals surface area (Å²) in [4.78, 5) is 13.8. The van der Waals surface area contributed by atoms with E-state index in [0.717, 1.165) is 13.1 Å². The zero-order valence-corrected chi connectivity index (χ0v) is 11.7. The van der Waals surface area contributed by atoms with E-state index >= 15 is 0 Å². The number of carbonyl (C=O) groups excluding carboxylic acids is 1. The minimum absolute atomic E-state index is 0.194. The van der Waals surface area contributed by atoms with Crippen molar-refractivity contribution in [3.8, 4) is 0 Å². The average Bonchev–Trinajstić information content (AvgIpc) is 2.30. The Morgan fingerprint density at radius 1 is 1.24 bits per heavy atom. The molecule has 0 aliphatic carbocycles. The highest BCUT2D eigenvalue weighted by molar-refractivity contribution is 5.78. The van der Waals surface area contributed by atoms with E-state index in [-0.39, 0.29) is 5.91 Å². The van der Waals surface area contributed by atoms with Gasteiger partial charge in [-0.3, -0.25) is 4.79 Å². The van der Waals surface area contributed by atoms with E-state index in [0.29, 0.717) is 18.6 Å². The van der Waals surface area contributed by atoms with E-state index in [4.69, 9.17) is 0 Å². The predicted molar refractivity (Wildman–Crippen MR) is 70.5 cm³/mol. The summed E-state index contributed by atoms with van der Waals surface area (Å²) in [6, 6.07) is 1.06. The molecular weight excluding hydrogens is 214 g/mol. The van der Waals surface area contributed by atoms with Crippen molar-refractivity contribution in [1.82, 2.24) is 15.3 Å².